The first-order valence-corrected chi connectivity index (χ1v) is 12.9. The molecule has 0 N–H and O–H groups in total. The number of nitrogens with zero attached hydrogens (tertiary/aromatic N) is 3. The van der Waals surface area contributed by atoms with Crippen molar-refractivity contribution < 1.29 is 22.8 Å². The van der Waals surface area contributed by atoms with Crippen molar-refractivity contribution in [1.29, 1.82) is 0 Å². The summed E-state index contributed by atoms with van der Waals surface area (Å²) >= 11 is 0. The fourth-order valence-electron chi connectivity index (χ4n) is 5.47. The summed E-state index contributed by atoms with van der Waals surface area (Å²) in [4.78, 5) is 32.0. The molecule has 2 aliphatic heterocycles. The summed E-state index contributed by atoms with van der Waals surface area (Å²) in [5, 5.41) is 0. The molecule has 198 valence electrons. The second-order valence-electron chi connectivity index (χ2n) is 9.91. The van der Waals surface area contributed by atoms with Crippen LogP contribution in [0.15, 0.2) is 78.9 Å². The molecule has 1 atom stereocenters. The highest BCUT2D eigenvalue weighted by molar-refractivity contribution is 5.95. The van der Waals surface area contributed by atoms with Gasteiger partial charge in [0.2, 0.25) is 0 Å². The van der Waals surface area contributed by atoms with Gasteiger partial charge in [0.05, 0.1) is 5.56 Å². The molecule has 2 amide bonds. The van der Waals surface area contributed by atoms with Gasteiger partial charge < -0.3 is 9.80 Å². The fraction of sp³-hybridized carbons (Fsp3) is 0.333. The van der Waals surface area contributed by atoms with Gasteiger partial charge in [-0.15, -0.1) is 0 Å². The molecule has 2 aliphatic rings. The lowest BCUT2D eigenvalue weighted by Gasteiger charge is -2.47. The van der Waals surface area contributed by atoms with Gasteiger partial charge in [0.25, 0.3) is 11.8 Å². The van der Waals surface area contributed by atoms with E-state index in [-0.39, 0.29) is 23.9 Å². The van der Waals surface area contributed by atoms with E-state index < -0.39 is 11.7 Å². The lowest BCUT2D eigenvalue weighted by atomic mass is 9.99. The monoisotopic (exact) mass is 521 g/mol. The first-order valence-electron chi connectivity index (χ1n) is 12.9. The number of likely N-dealkylation sites (tertiary alicyclic amines) is 2. The van der Waals surface area contributed by atoms with Gasteiger partial charge in [-0.1, -0.05) is 49.4 Å². The fourth-order valence-corrected chi connectivity index (χ4v) is 5.47. The normalized spacial score (nSPS) is 18.1. The van der Waals surface area contributed by atoms with Crippen LogP contribution in [0.3, 0.4) is 0 Å². The van der Waals surface area contributed by atoms with Crippen molar-refractivity contribution in [3.63, 3.8) is 0 Å². The standard InChI is InChI=1S/C30H30F3N3O2/c1-2-36(26-15-16-34(18-26)28(37)22-7-4-3-5-8-22)27-19-35(20-27)29(38)23-13-11-21(12-14-23)24-9-6-10-25(17-24)30(31,32)33/h3-14,17,26-27H,2,15-16,18-20H2,1H3. The topological polar surface area (TPSA) is 43.9 Å². The summed E-state index contributed by atoms with van der Waals surface area (Å²) in [7, 11) is 0. The van der Waals surface area contributed by atoms with Crippen LogP contribution >= 0.6 is 0 Å². The quantitative estimate of drug-likeness (QED) is 0.434. The molecular weight excluding hydrogens is 491 g/mol. The molecule has 5 rings (SSSR count). The van der Waals surface area contributed by atoms with E-state index in [1.807, 2.05) is 35.2 Å². The van der Waals surface area contributed by atoms with Gasteiger partial charge in [-0.3, -0.25) is 14.5 Å². The number of carbonyl (C=O) groups excluding carboxylic acids is 2. The number of rotatable bonds is 6. The lowest BCUT2D eigenvalue weighted by Crippen LogP contribution is -2.63. The third kappa shape index (κ3) is 5.31. The molecule has 0 radical (unpaired) electrons. The van der Waals surface area contributed by atoms with Crippen LogP contribution in [0.2, 0.25) is 0 Å². The smallest absolute Gasteiger partial charge is 0.337 e. The average Bonchev–Trinajstić information content (AvgIpc) is 3.40. The maximum atomic E-state index is 13.1. The van der Waals surface area contributed by atoms with E-state index in [9.17, 15) is 22.8 Å². The second kappa shape index (κ2) is 10.6. The Kier molecular flexibility index (Phi) is 7.25. The highest BCUT2D eigenvalue weighted by Crippen LogP contribution is 2.32. The number of likely N-dealkylation sites (N-methyl/N-ethyl adjacent to an activating group) is 1. The first kappa shape index (κ1) is 26.0. The van der Waals surface area contributed by atoms with Crippen LogP contribution in [0.5, 0.6) is 0 Å². The molecule has 3 aromatic rings. The van der Waals surface area contributed by atoms with Crippen molar-refractivity contribution in [2.24, 2.45) is 0 Å². The molecule has 5 nitrogen and oxygen atoms in total. The van der Waals surface area contributed by atoms with Gasteiger partial charge >= 0.3 is 6.18 Å². The molecule has 2 heterocycles. The van der Waals surface area contributed by atoms with Crippen molar-refractivity contribution in [2.75, 3.05) is 32.7 Å². The number of hydrogen-bond donors (Lipinski definition) is 0. The van der Waals surface area contributed by atoms with Gasteiger partial charge in [-0.25, -0.2) is 0 Å². The minimum atomic E-state index is -4.40. The minimum absolute atomic E-state index is 0.0585. The SMILES string of the molecule is CCN(C1CCN(C(=O)c2ccccc2)C1)C1CN(C(=O)c2ccc(-c3cccc(C(F)(F)F)c3)cc2)C1. The molecule has 0 aliphatic carbocycles. The van der Waals surface area contributed by atoms with Crippen LogP contribution in [0, 0.1) is 0 Å². The molecule has 0 bridgehead atoms. The predicted octanol–water partition coefficient (Wildman–Crippen LogP) is 5.43. The van der Waals surface area contributed by atoms with Crippen LogP contribution in [-0.4, -0.2) is 71.3 Å². The Morgan fingerprint density at radius 1 is 0.789 bits per heavy atom. The Hall–Kier alpha value is -3.65. The van der Waals surface area contributed by atoms with Crippen molar-refractivity contribution in [3.05, 3.63) is 95.6 Å². The third-order valence-electron chi connectivity index (χ3n) is 7.58. The average molecular weight is 522 g/mol. The van der Waals surface area contributed by atoms with Crippen LogP contribution in [0.25, 0.3) is 11.1 Å². The lowest BCUT2D eigenvalue weighted by molar-refractivity contribution is -0.137. The first-order chi connectivity index (χ1) is 18.2. The minimum Gasteiger partial charge on any atom is -0.337 e. The molecule has 0 aromatic heterocycles. The number of amides is 2. The number of alkyl halides is 3. The highest BCUT2D eigenvalue weighted by atomic mass is 19.4. The number of halogens is 3. The summed E-state index contributed by atoms with van der Waals surface area (Å²) in [5.74, 6) is -0.0247. The predicted molar refractivity (Wildman–Crippen MR) is 140 cm³/mol. The Morgan fingerprint density at radius 2 is 1.42 bits per heavy atom. The maximum absolute atomic E-state index is 13.1. The Balaban J connectivity index is 1.17. The van der Waals surface area contributed by atoms with E-state index in [0.717, 1.165) is 31.6 Å². The molecule has 0 saturated carbocycles. The summed E-state index contributed by atoms with van der Waals surface area (Å²) in [6.45, 7) is 5.59. The van der Waals surface area contributed by atoms with Crippen LogP contribution in [0.1, 0.15) is 39.6 Å². The van der Waals surface area contributed by atoms with Gasteiger partial charge in [-0.05, 0) is 60.5 Å². The van der Waals surface area contributed by atoms with E-state index in [0.29, 0.717) is 41.9 Å². The van der Waals surface area contributed by atoms with Gasteiger partial charge in [0, 0.05) is 49.4 Å². The highest BCUT2D eigenvalue weighted by Gasteiger charge is 2.40. The zero-order valence-corrected chi connectivity index (χ0v) is 21.2. The van der Waals surface area contributed by atoms with Crippen LogP contribution in [-0.2, 0) is 6.18 Å². The van der Waals surface area contributed by atoms with E-state index in [1.165, 1.54) is 6.07 Å². The molecule has 1 unspecified atom stereocenters. The summed E-state index contributed by atoms with van der Waals surface area (Å²) in [5.41, 5.74) is 1.61. The Labute approximate surface area is 220 Å². The van der Waals surface area contributed by atoms with E-state index >= 15 is 0 Å². The molecule has 2 fully saturated rings. The zero-order valence-electron chi connectivity index (χ0n) is 21.2. The van der Waals surface area contributed by atoms with Crippen molar-refractivity contribution >= 4 is 11.8 Å². The van der Waals surface area contributed by atoms with Crippen LogP contribution < -0.4 is 0 Å². The maximum Gasteiger partial charge on any atom is 0.416 e. The molecule has 38 heavy (non-hydrogen) atoms. The number of benzene rings is 3. The zero-order chi connectivity index (χ0) is 26.9. The van der Waals surface area contributed by atoms with Crippen LogP contribution in [0.4, 0.5) is 13.2 Å². The van der Waals surface area contributed by atoms with Gasteiger partial charge in [0.1, 0.15) is 0 Å². The molecule has 8 heteroatoms. The third-order valence-corrected chi connectivity index (χ3v) is 7.58. The Bertz CT molecular complexity index is 1290. The van der Waals surface area contributed by atoms with E-state index in [2.05, 4.69) is 11.8 Å². The van der Waals surface area contributed by atoms with Gasteiger partial charge in [0.15, 0.2) is 0 Å². The molecular formula is C30H30F3N3O2. The van der Waals surface area contributed by atoms with Crippen molar-refractivity contribution in [1.82, 2.24) is 14.7 Å². The summed E-state index contributed by atoms with van der Waals surface area (Å²) in [6, 6.07) is 21.7. The van der Waals surface area contributed by atoms with Crippen molar-refractivity contribution in [2.45, 2.75) is 31.6 Å². The summed E-state index contributed by atoms with van der Waals surface area (Å²) < 4.78 is 39.2. The van der Waals surface area contributed by atoms with Crippen molar-refractivity contribution in [3.8, 4) is 11.1 Å². The second-order valence-corrected chi connectivity index (χ2v) is 9.91. The Morgan fingerprint density at radius 3 is 2.08 bits per heavy atom. The number of hydrogen-bond acceptors (Lipinski definition) is 3. The molecule has 3 aromatic carbocycles. The summed E-state index contributed by atoms with van der Waals surface area (Å²) in [6.07, 6.45) is -3.49. The van der Waals surface area contributed by atoms with E-state index in [4.69, 9.17) is 0 Å². The molecule has 0 spiro atoms. The largest absolute Gasteiger partial charge is 0.416 e. The van der Waals surface area contributed by atoms with Gasteiger partial charge in [-0.2, -0.15) is 13.2 Å². The number of carbonyl (C=O) groups is 2. The molecule has 2 saturated heterocycles. The van der Waals surface area contributed by atoms with E-state index in [1.54, 1.807) is 35.2 Å².